The molecule has 0 saturated carbocycles. The Morgan fingerprint density at radius 2 is 1.78 bits per heavy atom. The normalized spacial score (nSPS) is 19.9. The van der Waals surface area contributed by atoms with Gasteiger partial charge in [0.05, 0.1) is 6.61 Å². The standard InChI is InChI=1S/C15H24N2O/c1-2-15(14-6-4-3-5-7-14)17-10-8-16(9-11-17)12-13-18/h3-7,15,18H,2,8-13H2,1H3/t15-/m1/s1. The van der Waals surface area contributed by atoms with Crippen LogP contribution in [0.2, 0.25) is 0 Å². The van der Waals surface area contributed by atoms with Gasteiger partial charge in [0.1, 0.15) is 0 Å². The van der Waals surface area contributed by atoms with Crippen LogP contribution in [0.15, 0.2) is 30.3 Å². The van der Waals surface area contributed by atoms with Crippen molar-refractivity contribution < 1.29 is 5.11 Å². The van der Waals surface area contributed by atoms with Crippen molar-refractivity contribution in [2.75, 3.05) is 39.3 Å². The highest BCUT2D eigenvalue weighted by molar-refractivity contribution is 5.19. The molecule has 1 N–H and O–H groups in total. The van der Waals surface area contributed by atoms with Gasteiger partial charge in [-0.3, -0.25) is 9.80 Å². The first-order valence-electron chi connectivity index (χ1n) is 6.97. The summed E-state index contributed by atoms with van der Waals surface area (Å²) in [4.78, 5) is 4.91. The van der Waals surface area contributed by atoms with Gasteiger partial charge >= 0.3 is 0 Å². The number of rotatable bonds is 5. The molecule has 0 aromatic heterocycles. The Hall–Kier alpha value is -0.900. The molecule has 0 spiro atoms. The second-order valence-corrected chi connectivity index (χ2v) is 4.94. The summed E-state index contributed by atoms with van der Waals surface area (Å²) in [6.45, 7) is 7.71. The zero-order valence-corrected chi connectivity index (χ0v) is 11.3. The molecular weight excluding hydrogens is 224 g/mol. The summed E-state index contributed by atoms with van der Waals surface area (Å²) in [5, 5.41) is 8.96. The molecule has 18 heavy (non-hydrogen) atoms. The maximum Gasteiger partial charge on any atom is 0.0558 e. The van der Waals surface area contributed by atoms with Crippen LogP contribution < -0.4 is 0 Å². The highest BCUT2D eigenvalue weighted by Gasteiger charge is 2.23. The van der Waals surface area contributed by atoms with E-state index in [2.05, 4.69) is 47.1 Å². The smallest absolute Gasteiger partial charge is 0.0558 e. The van der Waals surface area contributed by atoms with Crippen LogP contribution >= 0.6 is 0 Å². The third-order valence-electron chi connectivity index (χ3n) is 3.83. The number of benzene rings is 1. The quantitative estimate of drug-likeness (QED) is 0.860. The van der Waals surface area contributed by atoms with E-state index in [9.17, 15) is 0 Å². The maximum atomic E-state index is 8.96. The van der Waals surface area contributed by atoms with E-state index < -0.39 is 0 Å². The lowest BCUT2D eigenvalue weighted by Gasteiger charge is -2.39. The first kappa shape index (κ1) is 13.5. The molecule has 1 saturated heterocycles. The van der Waals surface area contributed by atoms with Crippen LogP contribution in [-0.2, 0) is 0 Å². The van der Waals surface area contributed by atoms with Gasteiger partial charge in [0.2, 0.25) is 0 Å². The van der Waals surface area contributed by atoms with Crippen LogP contribution in [0, 0.1) is 0 Å². The Labute approximate surface area is 110 Å². The topological polar surface area (TPSA) is 26.7 Å². The summed E-state index contributed by atoms with van der Waals surface area (Å²) in [6.07, 6.45) is 1.16. The molecule has 3 heteroatoms. The molecule has 0 radical (unpaired) electrons. The van der Waals surface area contributed by atoms with Crippen molar-refractivity contribution in [3.8, 4) is 0 Å². The van der Waals surface area contributed by atoms with E-state index in [1.165, 1.54) is 5.56 Å². The second kappa shape index (κ2) is 6.88. The Bertz CT molecular complexity index is 334. The van der Waals surface area contributed by atoms with Crippen molar-refractivity contribution in [2.24, 2.45) is 0 Å². The molecule has 3 nitrogen and oxygen atoms in total. The van der Waals surface area contributed by atoms with E-state index in [-0.39, 0.29) is 6.61 Å². The lowest BCUT2D eigenvalue weighted by atomic mass is 10.0. The van der Waals surface area contributed by atoms with Gasteiger partial charge in [-0.05, 0) is 12.0 Å². The number of aliphatic hydroxyl groups is 1. The summed E-state index contributed by atoms with van der Waals surface area (Å²) < 4.78 is 0. The molecule has 1 atom stereocenters. The minimum Gasteiger partial charge on any atom is -0.395 e. The van der Waals surface area contributed by atoms with Crippen molar-refractivity contribution >= 4 is 0 Å². The van der Waals surface area contributed by atoms with E-state index >= 15 is 0 Å². The Morgan fingerprint density at radius 3 is 2.33 bits per heavy atom. The van der Waals surface area contributed by atoms with Gasteiger partial charge in [-0.25, -0.2) is 0 Å². The molecular formula is C15H24N2O. The predicted octanol–water partition coefficient (Wildman–Crippen LogP) is 1.75. The molecule has 1 aliphatic heterocycles. The van der Waals surface area contributed by atoms with Crippen LogP contribution in [-0.4, -0.2) is 54.2 Å². The van der Waals surface area contributed by atoms with E-state index in [0.717, 1.165) is 39.1 Å². The third kappa shape index (κ3) is 3.31. The number of aliphatic hydroxyl groups excluding tert-OH is 1. The van der Waals surface area contributed by atoms with Crippen LogP contribution in [0.1, 0.15) is 24.9 Å². The van der Waals surface area contributed by atoms with Crippen LogP contribution in [0.5, 0.6) is 0 Å². The molecule has 1 aliphatic rings. The summed E-state index contributed by atoms with van der Waals surface area (Å²) in [6, 6.07) is 11.3. The van der Waals surface area contributed by atoms with E-state index in [0.29, 0.717) is 6.04 Å². The summed E-state index contributed by atoms with van der Waals surface area (Å²) in [5.74, 6) is 0. The average molecular weight is 248 g/mol. The zero-order valence-electron chi connectivity index (χ0n) is 11.3. The highest BCUT2D eigenvalue weighted by atomic mass is 16.3. The summed E-state index contributed by atoms with van der Waals surface area (Å²) in [5.41, 5.74) is 1.43. The Morgan fingerprint density at radius 1 is 1.11 bits per heavy atom. The van der Waals surface area contributed by atoms with Gasteiger partial charge in [-0.15, -0.1) is 0 Å². The molecule has 1 heterocycles. The van der Waals surface area contributed by atoms with Crippen molar-refractivity contribution in [3.05, 3.63) is 35.9 Å². The predicted molar refractivity (Wildman–Crippen MR) is 74.6 cm³/mol. The summed E-state index contributed by atoms with van der Waals surface area (Å²) >= 11 is 0. The number of hydrogen-bond acceptors (Lipinski definition) is 3. The SMILES string of the molecule is CC[C@H](c1ccccc1)N1CCN(CCO)CC1. The van der Waals surface area contributed by atoms with E-state index in [1.807, 2.05) is 0 Å². The fraction of sp³-hybridized carbons (Fsp3) is 0.600. The third-order valence-corrected chi connectivity index (χ3v) is 3.83. The van der Waals surface area contributed by atoms with Crippen LogP contribution in [0.4, 0.5) is 0 Å². The van der Waals surface area contributed by atoms with Gasteiger partial charge in [-0.1, -0.05) is 37.3 Å². The first-order chi connectivity index (χ1) is 8.85. The molecule has 0 unspecified atom stereocenters. The van der Waals surface area contributed by atoms with E-state index in [1.54, 1.807) is 0 Å². The van der Waals surface area contributed by atoms with Gasteiger partial charge in [0.15, 0.2) is 0 Å². The number of β-amino-alcohol motifs (C(OH)–C–C–N with tert-alkyl or cyclic N) is 1. The fourth-order valence-electron chi connectivity index (χ4n) is 2.82. The lowest BCUT2D eigenvalue weighted by Crippen LogP contribution is -2.48. The minimum atomic E-state index is 0.274. The van der Waals surface area contributed by atoms with Crippen molar-refractivity contribution in [3.63, 3.8) is 0 Å². The Kier molecular flexibility index (Phi) is 5.17. The van der Waals surface area contributed by atoms with E-state index in [4.69, 9.17) is 5.11 Å². The number of nitrogens with zero attached hydrogens (tertiary/aromatic N) is 2. The average Bonchev–Trinajstić information content (AvgIpc) is 2.43. The second-order valence-electron chi connectivity index (χ2n) is 4.94. The van der Waals surface area contributed by atoms with Crippen molar-refractivity contribution in [2.45, 2.75) is 19.4 Å². The molecule has 2 rings (SSSR count). The molecule has 1 fully saturated rings. The lowest BCUT2D eigenvalue weighted by molar-refractivity contribution is 0.0818. The van der Waals surface area contributed by atoms with Crippen molar-refractivity contribution in [1.82, 2.24) is 9.80 Å². The highest BCUT2D eigenvalue weighted by Crippen LogP contribution is 2.24. The van der Waals surface area contributed by atoms with Crippen LogP contribution in [0.3, 0.4) is 0 Å². The van der Waals surface area contributed by atoms with Gasteiger partial charge < -0.3 is 5.11 Å². The fourth-order valence-corrected chi connectivity index (χ4v) is 2.82. The molecule has 100 valence electrons. The van der Waals surface area contributed by atoms with Crippen LogP contribution in [0.25, 0.3) is 0 Å². The molecule has 1 aromatic rings. The molecule has 0 bridgehead atoms. The molecule has 0 amide bonds. The minimum absolute atomic E-state index is 0.274. The molecule has 0 aliphatic carbocycles. The largest absolute Gasteiger partial charge is 0.395 e. The number of hydrogen-bond donors (Lipinski definition) is 1. The van der Waals surface area contributed by atoms with Gasteiger partial charge in [0, 0.05) is 38.8 Å². The van der Waals surface area contributed by atoms with Crippen molar-refractivity contribution in [1.29, 1.82) is 0 Å². The summed E-state index contributed by atoms with van der Waals surface area (Å²) in [7, 11) is 0. The van der Waals surface area contributed by atoms with Gasteiger partial charge in [-0.2, -0.15) is 0 Å². The number of piperazine rings is 1. The van der Waals surface area contributed by atoms with Gasteiger partial charge in [0.25, 0.3) is 0 Å². The molecule has 1 aromatic carbocycles. The maximum absolute atomic E-state index is 8.96. The Balaban J connectivity index is 1.95. The zero-order chi connectivity index (χ0) is 12.8. The first-order valence-corrected chi connectivity index (χ1v) is 6.97. The monoisotopic (exact) mass is 248 g/mol.